The van der Waals surface area contributed by atoms with E-state index < -0.39 is 26.7 Å². The van der Waals surface area contributed by atoms with Gasteiger partial charge in [0.05, 0.1) is 10.3 Å². The third-order valence-electron chi connectivity index (χ3n) is 3.22. The van der Waals surface area contributed by atoms with Gasteiger partial charge in [0.1, 0.15) is 12.1 Å². The molecule has 3 rings (SSSR count). The number of nitro groups is 1. The number of halogens is 3. The highest BCUT2D eigenvalue weighted by Crippen LogP contribution is 2.40. The van der Waals surface area contributed by atoms with Crippen LogP contribution < -0.4 is 4.74 Å². The highest BCUT2D eigenvalue weighted by molar-refractivity contribution is 6.33. The molecule has 0 N–H and O–H groups in total. The van der Waals surface area contributed by atoms with E-state index in [1.807, 2.05) is 6.07 Å². The summed E-state index contributed by atoms with van der Waals surface area (Å²) in [6.07, 6.45) is 1.16. The van der Waals surface area contributed by atoms with Gasteiger partial charge in [0.15, 0.2) is 11.0 Å². The van der Waals surface area contributed by atoms with E-state index >= 15 is 0 Å². The minimum Gasteiger partial charge on any atom is -0.481 e. The molecule has 2 heterocycles. The van der Waals surface area contributed by atoms with Crippen LogP contribution >= 0.6 is 23.2 Å². The van der Waals surface area contributed by atoms with E-state index in [0.29, 0.717) is 0 Å². The molecule has 0 atom stereocenters. The van der Waals surface area contributed by atoms with Crippen molar-refractivity contribution in [2.24, 2.45) is 0 Å². The van der Waals surface area contributed by atoms with Gasteiger partial charge in [-0.1, -0.05) is 53.5 Å². The van der Waals surface area contributed by atoms with Gasteiger partial charge in [-0.2, -0.15) is 0 Å². The first-order valence-electron chi connectivity index (χ1n) is 6.63. The van der Waals surface area contributed by atoms with Gasteiger partial charge < -0.3 is 4.74 Å². The number of pyridine rings is 2. The SMILES string of the molecule is O=[N+]([O-])c1c(Cl)nc2c(F)c(Cl)ncc2c1OCc1ccccc1. The molecular weight excluding hydrogens is 360 g/mol. The smallest absolute Gasteiger partial charge is 0.348 e. The zero-order valence-electron chi connectivity index (χ0n) is 11.9. The van der Waals surface area contributed by atoms with Crippen LogP contribution in [0.25, 0.3) is 10.9 Å². The molecule has 0 bridgehead atoms. The molecule has 0 saturated heterocycles. The van der Waals surface area contributed by atoms with Crippen molar-refractivity contribution in [2.75, 3.05) is 0 Å². The molecule has 0 saturated carbocycles. The van der Waals surface area contributed by atoms with Crippen LogP contribution in [-0.4, -0.2) is 14.9 Å². The van der Waals surface area contributed by atoms with Crippen LogP contribution in [0.2, 0.25) is 10.3 Å². The molecule has 9 heteroatoms. The maximum Gasteiger partial charge on any atom is 0.348 e. The number of nitrogens with zero attached hydrogens (tertiary/aromatic N) is 3. The summed E-state index contributed by atoms with van der Waals surface area (Å²) in [5.74, 6) is -1.13. The second-order valence-corrected chi connectivity index (χ2v) is 5.45. The lowest BCUT2D eigenvalue weighted by Gasteiger charge is -2.11. The topological polar surface area (TPSA) is 78.2 Å². The molecule has 0 aliphatic rings. The quantitative estimate of drug-likeness (QED) is 0.383. The Balaban J connectivity index is 2.17. The highest BCUT2D eigenvalue weighted by Gasteiger charge is 2.27. The van der Waals surface area contributed by atoms with Gasteiger partial charge >= 0.3 is 5.69 Å². The minimum atomic E-state index is -0.921. The van der Waals surface area contributed by atoms with Crippen LogP contribution in [0.15, 0.2) is 36.5 Å². The van der Waals surface area contributed by atoms with E-state index in [9.17, 15) is 14.5 Å². The van der Waals surface area contributed by atoms with Gasteiger partial charge in [-0.3, -0.25) is 10.1 Å². The normalized spacial score (nSPS) is 10.8. The monoisotopic (exact) mass is 367 g/mol. The van der Waals surface area contributed by atoms with E-state index in [4.69, 9.17) is 27.9 Å². The molecule has 0 aliphatic heterocycles. The van der Waals surface area contributed by atoms with Crippen molar-refractivity contribution >= 4 is 39.8 Å². The predicted molar refractivity (Wildman–Crippen MR) is 86.9 cm³/mol. The van der Waals surface area contributed by atoms with Crippen LogP contribution in [0.3, 0.4) is 0 Å². The van der Waals surface area contributed by atoms with Crippen molar-refractivity contribution in [3.05, 3.63) is 68.3 Å². The first-order chi connectivity index (χ1) is 11.5. The van der Waals surface area contributed by atoms with Crippen LogP contribution in [0.1, 0.15) is 5.56 Å². The lowest BCUT2D eigenvalue weighted by molar-refractivity contribution is -0.385. The fourth-order valence-corrected chi connectivity index (χ4v) is 2.51. The fraction of sp³-hybridized carbons (Fsp3) is 0.0667. The lowest BCUT2D eigenvalue weighted by atomic mass is 10.2. The number of ether oxygens (including phenoxy) is 1. The summed E-state index contributed by atoms with van der Waals surface area (Å²) in [6.45, 7) is 0.0291. The Hall–Kier alpha value is -2.51. The average molecular weight is 368 g/mol. The molecule has 0 spiro atoms. The number of fused-ring (bicyclic) bond motifs is 1. The highest BCUT2D eigenvalue weighted by atomic mass is 35.5. The fourth-order valence-electron chi connectivity index (χ4n) is 2.14. The zero-order valence-corrected chi connectivity index (χ0v) is 13.4. The van der Waals surface area contributed by atoms with E-state index in [1.165, 1.54) is 0 Å². The van der Waals surface area contributed by atoms with E-state index in [0.717, 1.165) is 11.8 Å². The van der Waals surface area contributed by atoms with Crippen molar-refractivity contribution in [3.63, 3.8) is 0 Å². The first kappa shape index (κ1) is 16.4. The van der Waals surface area contributed by atoms with Gasteiger partial charge in [0.2, 0.25) is 10.9 Å². The molecule has 0 amide bonds. The number of hydrogen-bond donors (Lipinski definition) is 0. The Labute approximate surface area is 145 Å². The summed E-state index contributed by atoms with van der Waals surface area (Å²) in [7, 11) is 0. The van der Waals surface area contributed by atoms with Crippen LogP contribution in [0, 0.1) is 15.9 Å². The van der Waals surface area contributed by atoms with E-state index in [-0.39, 0.29) is 23.3 Å². The number of aromatic nitrogens is 2. The van der Waals surface area contributed by atoms with Crippen molar-refractivity contribution in [1.29, 1.82) is 0 Å². The minimum absolute atomic E-state index is 0.0175. The van der Waals surface area contributed by atoms with Crippen LogP contribution in [0.4, 0.5) is 10.1 Å². The Bertz CT molecular complexity index is 938. The molecule has 0 aliphatic carbocycles. The standard InChI is InChI=1S/C15H8Cl2FN3O3/c16-14-10(18)11-9(6-19-14)13(12(21(22)23)15(17)20-11)24-7-8-4-2-1-3-5-8/h1-6H,7H2. The summed E-state index contributed by atoms with van der Waals surface area (Å²) in [5.41, 5.74) is -0.0208. The average Bonchev–Trinajstić information content (AvgIpc) is 2.56. The van der Waals surface area contributed by atoms with Crippen molar-refractivity contribution in [2.45, 2.75) is 6.61 Å². The maximum atomic E-state index is 14.1. The maximum absolute atomic E-state index is 14.1. The Morgan fingerprint density at radius 2 is 1.92 bits per heavy atom. The van der Waals surface area contributed by atoms with E-state index in [1.54, 1.807) is 24.3 Å². The number of benzene rings is 1. The van der Waals surface area contributed by atoms with Gasteiger partial charge in [-0.25, -0.2) is 14.4 Å². The van der Waals surface area contributed by atoms with Gasteiger partial charge in [-0.05, 0) is 5.56 Å². The van der Waals surface area contributed by atoms with Gasteiger partial charge in [0, 0.05) is 6.20 Å². The molecule has 24 heavy (non-hydrogen) atoms. The zero-order chi connectivity index (χ0) is 17.3. The van der Waals surface area contributed by atoms with E-state index in [2.05, 4.69) is 9.97 Å². The van der Waals surface area contributed by atoms with Crippen molar-refractivity contribution < 1.29 is 14.1 Å². The number of rotatable bonds is 4. The molecule has 3 aromatic rings. The van der Waals surface area contributed by atoms with Gasteiger partial charge in [-0.15, -0.1) is 0 Å². The molecule has 0 unspecified atom stereocenters. The summed E-state index contributed by atoms with van der Waals surface area (Å²) in [6, 6.07) is 8.99. The van der Waals surface area contributed by atoms with Crippen molar-refractivity contribution in [3.8, 4) is 5.75 Å². The van der Waals surface area contributed by atoms with Crippen LogP contribution in [-0.2, 0) is 6.61 Å². The number of hydrogen-bond acceptors (Lipinski definition) is 5. The lowest BCUT2D eigenvalue weighted by Crippen LogP contribution is -2.03. The summed E-state index contributed by atoms with van der Waals surface area (Å²) in [4.78, 5) is 18.0. The Morgan fingerprint density at radius 1 is 1.21 bits per heavy atom. The molecule has 122 valence electrons. The summed E-state index contributed by atoms with van der Waals surface area (Å²) < 4.78 is 19.7. The summed E-state index contributed by atoms with van der Waals surface area (Å²) >= 11 is 11.5. The molecule has 0 radical (unpaired) electrons. The molecule has 1 aromatic carbocycles. The second-order valence-electron chi connectivity index (χ2n) is 4.74. The molecule has 2 aromatic heterocycles. The molecule has 6 nitrogen and oxygen atoms in total. The third kappa shape index (κ3) is 2.95. The Morgan fingerprint density at radius 3 is 2.58 bits per heavy atom. The first-order valence-corrected chi connectivity index (χ1v) is 7.39. The largest absolute Gasteiger partial charge is 0.481 e. The predicted octanol–water partition coefficient (Wildman–Crippen LogP) is 4.56. The Kier molecular flexibility index (Phi) is 4.46. The van der Waals surface area contributed by atoms with Crippen molar-refractivity contribution in [1.82, 2.24) is 9.97 Å². The molecule has 0 fully saturated rings. The van der Waals surface area contributed by atoms with Gasteiger partial charge in [0.25, 0.3) is 0 Å². The molecular formula is C15H8Cl2FN3O3. The van der Waals surface area contributed by atoms with Crippen LogP contribution in [0.5, 0.6) is 5.75 Å². The second kappa shape index (κ2) is 6.54. The summed E-state index contributed by atoms with van der Waals surface area (Å²) in [5, 5.41) is 10.4. The third-order valence-corrected chi connectivity index (χ3v) is 3.75.